The third-order valence-electron chi connectivity index (χ3n) is 2.71. The Morgan fingerprint density at radius 3 is 2.53 bits per heavy atom. The van der Waals surface area contributed by atoms with Crippen molar-refractivity contribution in [3.8, 4) is 0 Å². The first-order valence-electron chi connectivity index (χ1n) is 5.93. The molecule has 1 aliphatic rings. The summed E-state index contributed by atoms with van der Waals surface area (Å²) in [5, 5.41) is 3.18. The van der Waals surface area contributed by atoms with Crippen molar-refractivity contribution in [2.24, 2.45) is 0 Å². The van der Waals surface area contributed by atoms with Gasteiger partial charge in [-0.05, 0) is 13.8 Å². The minimum absolute atomic E-state index is 0.0841. The number of hydrogen-bond donors (Lipinski definition) is 1. The average molecular weight is 262 g/mol. The van der Waals surface area contributed by atoms with Gasteiger partial charge >= 0.3 is 0 Å². The van der Waals surface area contributed by atoms with Crippen molar-refractivity contribution in [3.05, 3.63) is 0 Å². The van der Waals surface area contributed by atoms with E-state index in [0.717, 1.165) is 0 Å². The van der Waals surface area contributed by atoms with E-state index in [-0.39, 0.29) is 18.0 Å². The summed E-state index contributed by atoms with van der Waals surface area (Å²) in [6.07, 6.45) is 1.67. The van der Waals surface area contributed by atoms with Gasteiger partial charge in [-0.2, -0.15) is 0 Å². The molecule has 17 heavy (non-hydrogen) atoms. The molecule has 1 aliphatic heterocycles. The summed E-state index contributed by atoms with van der Waals surface area (Å²) < 4.78 is 16.3. The summed E-state index contributed by atoms with van der Waals surface area (Å²) in [5.41, 5.74) is 0. The highest BCUT2D eigenvalue weighted by atomic mass is 32.2. The average Bonchev–Trinajstić information content (AvgIpc) is 2.28. The van der Waals surface area contributed by atoms with Crippen LogP contribution in [0.25, 0.3) is 0 Å². The van der Waals surface area contributed by atoms with Crippen molar-refractivity contribution in [1.82, 2.24) is 10.2 Å². The van der Waals surface area contributed by atoms with Crippen molar-refractivity contribution in [2.45, 2.75) is 25.9 Å². The topological polar surface area (TPSA) is 58.6 Å². The fourth-order valence-electron chi connectivity index (χ4n) is 1.96. The number of amides is 1. The summed E-state index contributed by atoms with van der Waals surface area (Å²) in [5.74, 6) is 0.669. The minimum atomic E-state index is -0.837. The molecule has 3 atom stereocenters. The van der Waals surface area contributed by atoms with Crippen LogP contribution < -0.4 is 5.32 Å². The number of nitrogens with one attached hydrogen (secondary N) is 1. The Hall–Kier alpha value is -0.460. The van der Waals surface area contributed by atoms with Crippen molar-refractivity contribution in [1.29, 1.82) is 0 Å². The van der Waals surface area contributed by atoms with Gasteiger partial charge in [-0.1, -0.05) is 0 Å². The smallest absolute Gasteiger partial charge is 0.239 e. The lowest BCUT2D eigenvalue weighted by atomic mass is 10.2. The van der Waals surface area contributed by atoms with Gasteiger partial charge in [0.05, 0.1) is 19.3 Å². The number of carbonyl (C=O) groups excluding carboxylic acids is 1. The van der Waals surface area contributed by atoms with Crippen LogP contribution in [0.3, 0.4) is 0 Å². The van der Waals surface area contributed by atoms with Gasteiger partial charge in [-0.3, -0.25) is 9.00 Å². The van der Waals surface area contributed by atoms with Crippen molar-refractivity contribution in [3.63, 3.8) is 0 Å². The number of carbonyl (C=O) groups is 1. The molecule has 1 heterocycles. The lowest BCUT2D eigenvalue weighted by Crippen LogP contribution is -2.51. The van der Waals surface area contributed by atoms with Gasteiger partial charge in [0.1, 0.15) is 0 Å². The van der Waals surface area contributed by atoms with Crippen molar-refractivity contribution in [2.75, 3.05) is 38.3 Å². The molecule has 0 aromatic rings. The quantitative estimate of drug-likeness (QED) is 0.732. The Morgan fingerprint density at radius 1 is 1.41 bits per heavy atom. The first-order valence-corrected chi connectivity index (χ1v) is 7.66. The maximum atomic E-state index is 12.1. The largest absolute Gasteiger partial charge is 0.378 e. The summed E-state index contributed by atoms with van der Waals surface area (Å²) in [7, 11) is -0.837. The number of rotatable bonds is 5. The first-order chi connectivity index (χ1) is 8.00. The molecule has 0 aliphatic carbocycles. The third-order valence-corrected chi connectivity index (χ3v) is 3.68. The van der Waals surface area contributed by atoms with Crippen LogP contribution in [-0.4, -0.2) is 65.4 Å². The van der Waals surface area contributed by atoms with E-state index in [9.17, 15) is 9.00 Å². The van der Waals surface area contributed by atoms with Gasteiger partial charge in [0.2, 0.25) is 5.91 Å². The minimum Gasteiger partial charge on any atom is -0.378 e. The molecule has 1 amide bonds. The maximum Gasteiger partial charge on any atom is 0.239 e. The molecule has 100 valence electrons. The Balaban J connectivity index is 2.37. The second-order valence-electron chi connectivity index (χ2n) is 4.47. The molecule has 0 bridgehead atoms. The Bertz CT molecular complexity index is 280. The molecular weight excluding hydrogens is 240 g/mol. The van der Waals surface area contributed by atoms with E-state index < -0.39 is 10.8 Å². The van der Waals surface area contributed by atoms with Crippen molar-refractivity contribution >= 4 is 16.7 Å². The van der Waals surface area contributed by atoms with E-state index in [4.69, 9.17) is 4.74 Å². The molecule has 0 aromatic heterocycles. The Kier molecular flexibility index (Phi) is 6.08. The molecular formula is C11H22N2O3S. The second kappa shape index (κ2) is 7.08. The van der Waals surface area contributed by atoms with E-state index >= 15 is 0 Å². The zero-order chi connectivity index (χ0) is 12.8. The van der Waals surface area contributed by atoms with E-state index in [2.05, 4.69) is 5.32 Å². The van der Waals surface area contributed by atoms with Crippen LogP contribution in [0.4, 0.5) is 0 Å². The maximum absolute atomic E-state index is 12.1. The summed E-state index contributed by atoms with van der Waals surface area (Å²) in [4.78, 5) is 13.9. The van der Waals surface area contributed by atoms with Crippen LogP contribution >= 0.6 is 0 Å². The van der Waals surface area contributed by atoms with Gasteiger partial charge in [0.25, 0.3) is 0 Å². The standard InChI is InChI=1S/C11H22N2O3S/c1-9(8-17(3)15)12-10(2)11(14)13-4-6-16-7-5-13/h9-10,12H,4-8H2,1-3H3. The van der Waals surface area contributed by atoms with E-state index in [1.54, 1.807) is 6.26 Å². The molecule has 3 unspecified atom stereocenters. The third kappa shape index (κ3) is 5.14. The first kappa shape index (κ1) is 14.6. The zero-order valence-electron chi connectivity index (χ0n) is 10.8. The van der Waals surface area contributed by atoms with Crippen LogP contribution in [0.2, 0.25) is 0 Å². The summed E-state index contributed by atoms with van der Waals surface area (Å²) in [6, 6.07) is -0.146. The normalized spacial score (nSPS) is 21.9. The summed E-state index contributed by atoms with van der Waals surface area (Å²) in [6.45, 7) is 6.37. The molecule has 0 saturated carbocycles. The van der Waals surface area contributed by atoms with E-state index in [1.165, 1.54) is 0 Å². The molecule has 0 aromatic carbocycles. The molecule has 0 spiro atoms. The molecule has 1 fully saturated rings. The van der Waals surface area contributed by atoms with E-state index in [0.29, 0.717) is 32.1 Å². The number of hydrogen-bond acceptors (Lipinski definition) is 4. The molecule has 1 N–H and O–H groups in total. The van der Waals surface area contributed by atoms with Gasteiger partial charge in [-0.15, -0.1) is 0 Å². The Labute approximate surface area is 105 Å². The number of nitrogens with zero attached hydrogens (tertiary/aromatic N) is 1. The van der Waals surface area contributed by atoms with Gasteiger partial charge in [-0.25, -0.2) is 0 Å². The number of morpholine rings is 1. The predicted octanol–water partition coefficient (Wildman–Crippen LogP) is -0.410. The fraction of sp³-hybridized carbons (Fsp3) is 0.909. The Morgan fingerprint density at radius 2 is 2.00 bits per heavy atom. The second-order valence-corrected chi connectivity index (χ2v) is 5.95. The fourth-order valence-corrected chi connectivity index (χ4v) is 2.76. The monoisotopic (exact) mass is 262 g/mol. The number of ether oxygens (including phenoxy) is 1. The SMILES string of the molecule is CC(CS(C)=O)NC(C)C(=O)N1CCOCC1. The van der Waals surface area contributed by atoms with Crippen molar-refractivity contribution < 1.29 is 13.7 Å². The summed E-state index contributed by atoms with van der Waals surface area (Å²) >= 11 is 0. The molecule has 0 radical (unpaired) electrons. The highest BCUT2D eigenvalue weighted by Crippen LogP contribution is 2.01. The lowest BCUT2D eigenvalue weighted by Gasteiger charge is -2.30. The van der Waals surface area contributed by atoms with Gasteiger partial charge in [0.15, 0.2) is 0 Å². The lowest BCUT2D eigenvalue weighted by molar-refractivity contribution is -0.137. The van der Waals surface area contributed by atoms with Gasteiger partial charge in [0, 0.05) is 41.9 Å². The molecule has 1 saturated heterocycles. The highest BCUT2D eigenvalue weighted by molar-refractivity contribution is 7.84. The predicted molar refractivity (Wildman–Crippen MR) is 68.4 cm³/mol. The molecule has 5 nitrogen and oxygen atoms in total. The van der Waals surface area contributed by atoms with Crippen LogP contribution in [0.1, 0.15) is 13.8 Å². The molecule has 6 heteroatoms. The van der Waals surface area contributed by atoms with Crippen LogP contribution in [0.15, 0.2) is 0 Å². The van der Waals surface area contributed by atoms with Crippen LogP contribution in [0.5, 0.6) is 0 Å². The molecule has 1 rings (SSSR count). The zero-order valence-corrected chi connectivity index (χ0v) is 11.6. The van der Waals surface area contributed by atoms with Gasteiger partial charge < -0.3 is 15.0 Å². The van der Waals surface area contributed by atoms with E-state index in [1.807, 2.05) is 18.7 Å². The van der Waals surface area contributed by atoms with Crippen LogP contribution in [-0.2, 0) is 20.3 Å². The highest BCUT2D eigenvalue weighted by Gasteiger charge is 2.23. The van der Waals surface area contributed by atoms with Crippen LogP contribution in [0, 0.1) is 0 Å².